The van der Waals surface area contributed by atoms with Crippen molar-refractivity contribution in [2.75, 3.05) is 7.11 Å². The van der Waals surface area contributed by atoms with Gasteiger partial charge in [0.25, 0.3) is 0 Å². The second kappa shape index (κ2) is 6.74. The van der Waals surface area contributed by atoms with Gasteiger partial charge in [-0.3, -0.25) is 0 Å². The van der Waals surface area contributed by atoms with Crippen LogP contribution in [0.5, 0.6) is 5.75 Å². The highest BCUT2D eigenvalue weighted by molar-refractivity contribution is 7.13. The van der Waals surface area contributed by atoms with Crippen LogP contribution in [0.2, 0.25) is 13.1 Å². The summed E-state index contributed by atoms with van der Waals surface area (Å²) in [6.07, 6.45) is 4.03. The number of para-hydroxylation sites is 1. The number of hydrogen-bond donors (Lipinski definition) is 0. The second-order valence-corrected chi connectivity index (χ2v) is 9.55. The zero-order chi connectivity index (χ0) is 13.6. The first kappa shape index (κ1) is 15.0. The van der Waals surface area contributed by atoms with Crippen LogP contribution in [-0.4, -0.2) is 20.6 Å². The lowest BCUT2D eigenvalue weighted by atomic mass is 10.2. The van der Waals surface area contributed by atoms with E-state index in [9.17, 15) is 4.79 Å². The van der Waals surface area contributed by atoms with Gasteiger partial charge in [-0.25, -0.2) is 0 Å². The minimum absolute atomic E-state index is 0.431. The van der Waals surface area contributed by atoms with Crippen molar-refractivity contribution in [1.82, 2.24) is 0 Å². The molecule has 0 N–H and O–H groups in total. The fourth-order valence-electron chi connectivity index (χ4n) is 2.16. The van der Waals surface area contributed by atoms with Crippen molar-refractivity contribution < 1.29 is 9.53 Å². The topological polar surface area (TPSA) is 26.3 Å². The molecule has 0 heterocycles. The predicted octanol–water partition coefficient (Wildman–Crippen LogP) is 3.30. The molecule has 0 unspecified atom stereocenters. The Morgan fingerprint density at radius 2 is 1.89 bits per heavy atom. The largest absolute Gasteiger partial charge is 0.497 e. The molecule has 0 saturated carbocycles. The van der Waals surface area contributed by atoms with E-state index < -0.39 is 8.07 Å². The summed E-state index contributed by atoms with van der Waals surface area (Å²) in [5.74, 6) is 0.859. The fraction of sp³-hybridized carbons (Fsp3) is 0.533. The van der Waals surface area contributed by atoms with Crippen molar-refractivity contribution in [3.63, 3.8) is 0 Å². The first-order chi connectivity index (χ1) is 8.54. The van der Waals surface area contributed by atoms with Gasteiger partial charge in [-0.05, 0) is 17.7 Å². The smallest absolute Gasteiger partial charge is 0.162 e. The lowest BCUT2D eigenvalue weighted by molar-refractivity contribution is -0.112. The number of carbonyl (C=O) groups is 1. The summed E-state index contributed by atoms with van der Waals surface area (Å²) >= 11 is 0. The van der Waals surface area contributed by atoms with E-state index in [1.165, 1.54) is 0 Å². The Kier molecular flexibility index (Phi) is 5.60. The molecular weight excluding hydrogens is 240 g/mol. The molecule has 0 aromatic heterocycles. The molecule has 0 aliphatic rings. The maximum absolute atomic E-state index is 12.4. The SMILES string of the molecule is CCCCCC(=O)[Si](C)(C)c1ccccc1OC. The number of benzene rings is 1. The van der Waals surface area contributed by atoms with Crippen LogP contribution in [0.15, 0.2) is 24.3 Å². The molecule has 100 valence electrons. The van der Waals surface area contributed by atoms with Crippen molar-refractivity contribution in [3.05, 3.63) is 24.3 Å². The average molecular weight is 264 g/mol. The highest BCUT2D eigenvalue weighted by atomic mass is 28.3. The third-order valence-corrected chi connectivity index (χ3v) is 6.89. The van der Waals surface area contributed by atoms with Crippen molar-refractivity contribution in [2.45, 2.75) is 45.7 Å². The third-order valence-electron chi connectivity index (χ3n) is 3.48. The summed E-state index contributed by atoms with van der Waals surface area (Å²) in [6, 6.07) is 7.94. The second-order valence-electron chi connectivity index (χ2n) is 5.21. The average Bonchev–Trinajstić information content (AvgIpc) is 2.38. The van der Waals surface area contributed by atoms with E-state index in [4.69, 9.17) is 4.74 Å². The summed E-state index contributed by atoms with van der Waals surface area (Å²) in [6.45, 7) is 6.41. The normalized spacial score (nSPS) is 11.3. The van der Waals surface area contributed by atoms with Gasteiger partial charge in [0.1, 0.15) is 11.2 Å². The van der Waals surface area contributed by atoms with Crippen LogP contribution in [0, 0.1) is 0 Å². The summed E-state index contributed by atoms with van der Waals surface area (Å²) in [7, 11) is -0.391. The van der Waals surface area contributed by atoms with Crippen LogP contribution < -0.4 is 9.92 Å². The van der Waals surface area contributed by atoms with E-state index in [1.54, 1.807) is 7.11 Å². The summed E-state index contributed by atoms with van der Waals surface area (Å²) in [5, 5.41) is 1.55. The molecule has 0 radical (unpaired) electrons. The maximum atomic E-state index is 12.4. The molecule has 0 aliphatic heterocycles. The molecular formula is C15H24O2Si. The van der Waals surface area contributed by atoms with Gasteiger partial charge in [0, 0.05) is 6.42 Å². The molecule has 0 saturated heterocycles. The first-order valence-electron chi connectivity index (χ1n) is 6.70. The van der Waals surface area contributed by atoms with E-state index in [0.29, 0.717) is 11.8 Å². The van der Waals surface area contributed by atoms with Crippen LogP contribution in [0.3, 0.4) is 0 Å². The minimum Gasteiger partial charge on any atom is -0.497 e. The van der Waals surface area contributed by atoms with Gasteiger partial charge in [0.15, 0.2) is 8.07 Å². The highest BCUT2D eigenvalue weighted by Gasteiger charge is 2.34. The van der Waals surface area contributed by atoms with E-state index in [1.807, 2.05) is 24.3 Å². The number of carbonyl (C=O) groups excluding carboxylic acids is 1. The Balaban J connectivity index is 2.87. The molecule has 2 nitrogen and oxygen atoms in total. The van der Waals surface area contributed by atoms with Gasteiger partial charge in [-0.1, -0.05) is 51.1 Å². The minimum atomic E-state index is -2.06. The van der Waals surface area contributed by atoms with Crippen LogP contribution >= 0.6 is 0 Å². The van der Waals surface area contributed by atoms with Crippen molar-refractivity contribution in [3.8, 4) is 5.75 Å². The molecule has 1 aromatic rings. The third kappa shape index (κ3) is 3.45. The summed E-state index contributed by atoms with van der Waals surface area (Å²) in [5.41, 5.74) is 0. The Morgan fingerprint density at radius 3 is 2.50 bits per heavy atom. The number of ether oxygens (including phenoxy) is 1. The van der Waals surface area contributed by atoms with Crippen LogP contribution in [-0.2, 0) is 4.79 Å². The molecule has 1 rings (SSSR count). The van der Waals surface area contributed by atoms with Crippen molar-refractivity contribution in [1.29, 1.82) is 0 Å². The lowest BCUT2D eigenvalue weighted by Gasteiger charge is -2.23. The standard InChI is InChI=1S/C15H24O2Si/c1-5-6-7-12-15(16)18(3,4)14-11-9-8-10-13(14)17-2/h8-11H,5-7,12H2,1-4H3. The molecule has 0 amide bonds. The zero-order valence-corrected chi connectivity index (χ0v) is 13.0. The number of rotatable bonds is 7. The Morgan fingerprint density at radius 1 is 1.22 bits per heavy atom. The Bertz CT molecular complexity index is 399. The molecule has 0 atom stereocenters. The quantitative estimate of drug-likeness (QED) is 0.558. The number of unbranched alkanes of at least 4 members (excludes halogenated alkanes) is 2. The molecule has 18 heavy (non-hydrogen) atoms. The lowest BCUT2D eigenvalue weighted by Crippen LogP contribution is -2.50. The number of methoxy groups -OCH3 is 1. The van der Waals surface area contributed by atoms with E-state index in [2.05, 4.69) is 20.0 Å². The fourth-order valence-corrected chi connectivity index (χ4v) is 4.58. The Labute approximate surface area is 111 Å². The molecule has 3 heteroatoms. The van der Waals surface area contributed by atoms with Crippen LogP contribution in [0.1, 0.15) is 32.6 Å². The van der Waals surface area contributed by atoms with E-state index in [-0.39, 0.29) is 0 Å². The monoisotopic (exact) mass is 264 g/mol. The van der Waals surface area contributed by atoms with Crippen LogP contribution in [0.25, 0.3) is 0 Å². The Hall–Kier alpha value is -1.09. The van der Waals surface area contributed by atoms with Gasteiger partial charge in [0.2, 0.25) is 0 Å². The molecule has 0 spiro atoms. The predicted molar refractivity (Wildman–Crippen MR) is 79.3 cm³/mol. The molecule has 0 bridgehead atoms. The van der Waals surface area contributed by atoms with Gasteiger partial charge in [0.05, 0.1) is 7.11 Å². The highest BCUT2D eigenvalue weighted by Crippen LogP contribution is 2.17. The zero-order valence-electron chi connectivity index (χ0n) is 12.0. The van der Waals surface area contributed by atoms with Gasteiger partial charge in [-0.15, -0.1) is 0 Å². The van der Waals surface area contributed by atoms with Crippen molar-refractivity contribution in [2.24, 2.45) is 0 Å². The van der Waals surface area contributed by atoms with Gasteiger partial charge >= 0.3 is 0 Å². The van der Waals surface area contributed by atoms with Gasteiger partial charge < -0.3 is 9.53 Å². The summed E-state index contributed by atoms with van der Waals surface area (Å²) in [4.78, 5) is 12.4. The van der Waals surface area contributed by atoms with Crippen molar-refractivity contribution >= 4 is 18.7 Å². The maximum Gasteiger partial charge on any atom is 0.162 e. The number of hydrogen-bond acceptors (Lipinski definition) is 2. The molecule has 0 fully saturated rings. The van der Waals surface area contributed by atoms with E-state index >= 15 is 0 Å². The summed E-state index contributed by atoms with van der Waals surface area (Å²) < 4.78 is 5.39. The molecule has 0 aliphatic carbocycles. The van der Waals surface area contributed by atoms with E-state index in [0.717, 1.165) is 30.2 Å². The first-order valence-corrected chi connectivity index (χ1v) is 9.70. The molecule has 1 aromatic carbocycles. The van der Waals surface area contributed by atoms with Crippen LogP contribution in [0.4, 0.5) is 0 Å². The van der Waals surface area contributed by atoms with Gasteiger partial charge in [-0.2, -0.15) is 0 Å².